The van der Waals surface area contributed by atoms with E-state index in [0.29, 0.717) is 5.56 Å². The third kappa shape index (κ3) is 2.55. The summed E-state index contributed by atoms with van der Waals surface area (Å²) >= 11 is 5.37. The number of aromatic nitrogens is 2. The van der Waals surface area contributed by atoms with Crippen LogP contribution in [0.2, 0.25) is 5.15 Å². The maximum absolute atomic E-state index is 12.6. The van der Waals surface area contributed by atoms with Crippen molar-refractivity contribution < 1.29 is 13.2 Å². The Bertz CT molecular complexity index is 526. The second-order valence-corrected chi connectivity index (χ2v) is 3.66. The van der Waals surface area contributed by atoms with E-state index < -0.39 is 16.9 Å². The molecule has 0 saturated carbocycles. The molecule has 17 heavy (non-hydrogen) atoms. The minimum absolute atomic E-state index is 0.141. The maximum atomic E-state index is 12.6. The van der Waals surface area contributed by atoms with Crippen LogP contribution < -0.4 is 0 Å². The van der Waals surface area contributed by atoms with E-state index in [1.807, 2.05) is 0 Å². The van der Waals surface area contributed by atoms with Crippen molar-refractivity contribution in [3.8, 4) is 11.3 Å². The zero-order valence-corrected chi connectivity index (χ0v) is 9.13. The smallest absolute Gasteiger partial charge is 0.166 e. The van der Waals surface area contributed by atoms with Crippen molar-refractivity contribution in [3.63, 3.8) is 0 Å². The first-order valence-electron chi connectivity index (χ1n) is 4.64. The first-order chi connectivity index (χ1) is 7.98. The topological polar surface area (TPSA) is 25.8 Å². The Morgan fingerprint density at radius 3 is 2.24 bits per heavy atom. The molecule has 1 heterocycles. The van der Waals surface area contributed by atoms with Crippen LogP contribution in [0.25, 0.3) is 11.3 Å². The molecular weight excluding hydrogens is 253 g/mol. The SMILES string of the molecule is FC(F)(F)c1cc(-c2ccccc2)nnc1Cl. The van der Waals surface area contributed by atoms with Gasteiger partial charge in [0.15, 0.2) is 5.15 Å². The van der Waals surface area contributed by atoms with Crippen LogP contribution in [0.4, 0.5) is 13.2 Å². The monoisotopic (exact) mass is 258 g/mol. The van der Waals surface area contributed by atoms with Gasteiger partial charge in [0, 0.05) is 5.56 Å². The Labute approximate surface area is 100 Å². The summed E-state index contributed by atoms with van der Waals surface area (Å²) in [5.74, 6) is 0. The molecule has 6 heteroatoms. The number of nitrogens with zero attached hydrogens (tertiary/aromatic N) is 2. The number of hydrogen-bond acceptors (Lipinski definition) is 2. The summed E-state index contributed by atoms with van der Waals surface area (Å²) in [6.45, 7) is 0. The number of rotatable bonds is 1. The molecule has 0 aliphatic rings. The molecule has 0 fully saturated rings. The molecule has 1 aromatic heterocycles. The van der Waals surface area contributed by atoms with Crippen LogP contribution in [0.3, 0.4) is 0 Å². The zero-order chi connectivity index (χ0) is 12.5. The molecule has 2 aromatic rings. The Kier molecular flexibility index (Phi) is 3.02. The number of hydrogen-bond donors (Lipinski definition) is 0. The van der Waals surface area contributed by atoms with Gasteiger partial charge in [-0.1, -0.05) is 41.9 Å². The van der Waals surface area contributed by atoms with Gasteiger partial charge in [-0.3, -0.25) is 0 Å². The molecule has 0 radical (unpaired) electrons. The van der Waals surface area contributed by atoms with E-state index in [2.05, 4.69) is 10.2 Å². The normalized spacial score (nSPS) is 11.5. The summed E-state index contributed by atoms with van der Waals surface area (Å²) in [7, 11) is 0. The Morgan fingerprint density at radius 1 is 1.00 bits per heavy atom. The van der Waals surface area contributed by atoms with Crippen molar-refractivity contribution in [1.82, 2.24) is 10.2 Å². The molecule has 0 aliphatic heterocycles. The summed E-state index contributed by atoms with van der Waals surface area (Å²) in [5.41, 5.74) is -0.280. The van der Waals surface area contributed by atoms with Gasteiger partial charge in [-0.2, -0.15) is 13.2 Å². The largest absolute Gasteiger partial charge is 0.419 e. The van der Waals surface area contributed by atoms with Gasteiger partial charge < -0.3 is 0 Å². The van der Waals surface area contributed by atoms with Crippen LogP contribution >= 0.6 is 11.6 Å². The minimum atomic E-state index is -4.53. The fourth-order valence-corrected chi connectivity index (χ4v) is 1.53. The number of halogens is 4. The molecule has 0 aliphatic carbocycles. The second kappa shape index (κ2) is 4.33. The Balaban J connectivity index is 2.53. The molecule has 0 unspecified atom stereocenters. The van der Waals surface area contributed by atoms with Crippen LogP contribution in [0.5, 0.6) is 0 Å². The molecule has 0 saturated heterocycles. The van der Waals surface area contributed by atoms with E-state index in [0.717, 1.165) is 6.07 Å². The number of benzene rings is 1. The van der Waals surface area contributed by atoms with Gasteiger partial charge in [-0.15, -0.1) is 10.2 Å². The predicted octanol–water partition coefficient (Wildman–Crippen LogP) is 3.82. The van der Waals surface area contributed by atoms with Crippen molar-refractivity contribution in [1.29, 1.82) is 0 Å². The van der Waals surface area contributed by atoms with Gasteiger partial charge in [0.2, 0.25) is 0 Å². The van der Waals surface area contributed by atoms with Gasteiger partial charge >= 0.3 is 6.18 Å². The summed E-state index contributed by atoms with van der Waals surface area (Å²) in [4.78, 5) is 0. The Hall–Kier alpha value is -1.62. The highest BCUT2D eigenvalue weighted by atomic mass is 35.5. The first-order valence-corrected chi connectivity index (χ1v) is 5.02. The molecule has 0 spiro atoms. The van der Waals surface area contributed by atoms with Crippen molar-refractivity contribution in [2.75, 3.05) is 0 Å². The van der Waals surface area contributed by atoms with Crippen molar-refractivity contribution in [3.05, 3.63) is 47.1 Å². The highest BCUT2D eigenvalue weighted by Crippen LogP contribution is 2.34. The van der Waals surface area contributed by atoms with Crippen molar-refractivity contribution in [2.45, 2.75) is 6.18 Å². The van der Waals surface area contributed by atoms with Gasteiger partial charge in [0.1, 0.15) is 0 Å². The average Bonchev–Trinajstić information content (AvgIpc) is 2.29. The van der Waals surface area contributed by atoms with Crippen molar-refractivity contribution in [2.24, 2.45) is 0 Å². The predicted molar refractivity (Wildman–Crippen MR) is 57.5 cm³/mol. The highest BCUT2D eigenvalue weighted by Gasteiger charge is 2.34. The third-order valence-corrected chi connectivity index (χ3v) is 2.40. The van der Waals surface area contributed by atoms with E-state index in [-0.39, 0.29) is 5.69 Å². The summed E-state index contributed by atoms with van der Waals surface area (Å²) in [5, 5.41) is 6.32. The molecule has 0 atom stereocenters. The molecule has 2 rings (SSSR count). The Morgan fingerprint density at radius 2 is 1.65 bits per heavy atom. The molecule has 2 nitrogen and oxygen atoms in total. The standard InChI is InChI=1S/C11H6ClF3N2/c12-10-8(11(13,14)15)6-9(16-17-10)7-4-2-1-3-5-7/h1-6H. The first kappa shape index (κ1) is 11.9. The molecular formula is C11H6ClF3N2. The van der Waals surface area contributed by atoms with Crippen LogP contribution in [-0.2, 0) is 6.18 Å². The lowest BCUT2D eigenvalue weighted by molar-refractivity contribution is -0.137. The van der Waals surface area contributed by atoms with Crippen LogP contribution in [0, 0.1) is 0 Å². The van der Waals surface area contributed by atoms with Crippen molar-refractivity contribution >= 4 is 11.6 Å². The lowest BCUT2D eigenvalue weighted by Crippen LogP contribution is -2.08. The van der Waals surface area contributed by atoms with E-state index in [1.54, 1.807) is 30.3 Å². The van der Waals surface area contributed by atoms with E-state index in [9.17, 15) is 13.2 Å². The highest BCUT2D eigenvalue weighted by molar-refractivity contribution is 6.30. The third-order valence-electron chi connectivity index (χ3n) is 2.12. The lowest BCUT2D eigenvalue weighted by atomic mass is 10.1. The maximum Gasteiger partial charge on any atom is 0.419 e. The van der Waals surface area contributed by atoms with Gasteiger partial charge in [-0.25, -0.2) is 0 Å². The molecule has 0 amide bonds. The van der Waals surface area contributed by atoms with E-state index in [1.165, 1.54) is 0 Å². The quantitative estimate of drug-likeness (QED) is 0.777. The molecule has 0 bridgehead atoms. The molecule has 1 aromatic carbocycles. The fraction of sp³-hybridized carbons (Fsp3) is 0.0909. The van der Waals surface area contributed by atoms with Crippen LogP contribution in [-0.4, -0.2) is 10.2 Å². The summed E-state index contributed by atoms with van der Waals surface area (Å²) < 4.78 is 37.8. The van der Waals surface area contributed by atoms with Gasteiger partial charge in [0.05, 0.1) is 11.3 Å². The average molecular weight is 259 g/mol. The zero-order valence-electron chi connectivity index (χ0n) is 8.37. The van der Waals surface area contributed by atoms with Crippen LogP contribution in [0.15, 0.2) is 36.4 Å². The van der Waals surface area contributed by atoms with Crippen LogP contribution in [0.1, 0.15) is 5.56 Å². The van der Waals surface area contributed by atoms with Gasteiger partial charge in [-0.05, 0) is 6.07 Å². The fourth-order valence-electron chi connectivity index (χ4n) is 1.33. The van der Waals surface area contributed by atoms with Gasteiger partial charge in [0.25, 0.3) is 0 Å². The van der Waals surface area contributed by atoms with E-state index >= 15 is 0 Å². The molecule has 88 valence electrons. The second-order valence-electron chi connectivity index (χ2n) is 3.30. The lowest BCUT2D eigenvalue weighted by Gasteiger charge is -2.09. The summed E-state index contributed by atoms with van der Waals surface area (Å²) in [6, 6.07) is 9.37. The summed E-state index contributed by atoms with van der Waals surface area (Å²) in [6.07, 6.45) is -4.53. The van der Waals surface area contributed by atoms with E-state index in [4.69, 9.17) is 11.6 Å². The molecule has 0 N–H and O–H groups in total. The minimum Gasteiger partial charge on any atom is -0.166 e. The number of alkyl halides is 3.